The van der Waals surface area contributed by atoms with Gasteiger partial charge in [-0.3, -0.25) is 4.79 Å². The molecule has 1 atom stereocenters. The van der Waals surface area contributed by atoms with Crippen molar-refractivity contribution < 1.29 is 9.53 Å². The van der Waals surface area contributed by atoms with E-state index in [0.717, 1.165) is 13.1 Å². The van der Waals surface area contributed by atoms with E-state index in [2.05, 4.69) is 5.32 Å². The van der Waals surface area contributed by atoms with E-state index in [1.807, 2.05) is 0 Å². The van der Waals surface area contributed by atoms with Crippen molar-refractivity contribution >= 4 is 5.91 Å². The first-order chi connectivity index (χ1) is 7.67. The third-order valence-corrected chi connectivity index (χ3v) is 3.59. The Morgan fingerprint density at radius 2 is 1.94 bits per heavy atom. The maximum Gasteiger partial charge on any atom is 0.248 e. The first-order valence-electron chi connectivity index (χ1n) is 6.18. The summed E-state index contributed by atoms with van der Waals surface area (Å²) in [6.45, 7) is 3.35. The SMILES string of the molecule is COC(C)C(=O)NCC1CCC(CN)CC1. The molecule has 1 rings (SSSR count). The van der Waals surface area contributed by atoms with E-state index in [4.69, 9.17) is 10.5 Å². The van der Waals surface area contributed by atoms with Crippen LogP contribution in [0.2, 0.25) is 0 Å². The highest BCUT2D eigenvalue weighted by Gasteiger charge is 2.21. The molecule has 0 radical (unpaired) electrons. The van der Waals surface area contributed by atoms with Crippen molar-refractivity contribution in [2.45, 2.75) is 38.7 Å². The number of hydrogen-bond donors (Lipinski definition) is 2. The summed E-state index contributed by atoms with van der Waals surface area (Å²) in [6, 6.07) is 0. The third kappa shape index (κ3) is 4.10. The zero-order chi connectivity index (χ0) is 12.0. The van der Waals surface area contributed by atoms with Crippen LogP contribution in [0, 0.1) is 11.8 Å². The van der Waals surface area contributed by atoms with Gasteiger partial charge in [0.15, 0.2) is 0 Å². The predicted molar refractivity (Wildman–Crippen MR) is 64.0 cm³/mol. The molecule has 16 heavy (non-hydrogen) atoms. The highest BCUT2D eigenvalue weighted by Crippen LogP contribution is 2.27. The molecule has 4 heteroatoms. The average molecular weight is 228 g/mol. The zero-order valence-corrected chi connectivity index (χ0v) is 10.4. The van der Waals surface area contributed by atoms with Gasteiger partial charge in [0.25, 0.3) is 0 Å². The number of carbonyl (C=O) groups is 1. The van der Waals surface area contributed by atoms with Crippen LogP contribution >= 0.6 is 0 Å². The molecule has 0 aromatic carbocycles. The fourth-order valence-corrected chi connectivity index (χ4v) is 2.17. The van der Waals surface area contributed by atoms with Crippen LogP contribution < -0.4 is 11.1 Å². The van der Waals surface area contributed by atoms with E-state index in [1.54, 1.807) is 14.0 Å². The van der Waals surface area contributed by atoms with Crippen molar-refractivity contribution in [2.75, 3.05) is 20.2 Å². The van der Waals surface area contributed by atoms with Crippen molar-refractivity contribution in [3.05, 3.63) is 0 Å². The Bertz CT molecular complexity index is 213. The van der Waals surface area contributed by atoms with Crippen LogP contribution in [0.1, 0.15) is 32.6 Å². The molecule has 1 unspecified atom stereocenters. The molecule has 4 nitrogen and oxygen atoms in total. The number of hydrogen-bond acceptors (Lipinski definition) is 3. The van der Waals surface area contributed by atoms with E-state index in [1.165, 1.54) is 25.7 Å². The second kappa shape index (κ2) is 6.86. The van der Waals surface area contributed by atoms with Gasteiger partial charge in [-0.15, -0.1) is 0 Å². The summed E-state index contributed by atoms with van der Waals surface area (Å²) in [6.07, 6.45) is 4.43. The number of nitrogens with two attached hydrogens (primary N) is 1. The van der Waals surface area contributed by atoms with E-state index in [-0.39, 0.29) is 12.0 Å². The molecular weight excluding hydrogens is 204 g/mol. The number of ether oxygens (including phenoxy) is 1. The number of rotatable bonds is 5. The van der Waals surface area contributed by atoms with Crippen LogP contribution in [0.3, 0.4) is 0 Å². The molecule has 1 aliphatic rings. The van der Waals surface area contributed by atoms with E-state index >= 15 is 0 Å². The van der Waals surface area contributed by atoms with Crippen molar-refractivity contribution in [1.29, 1.82) is 0 Å². The smallest absolute Gasteiger partial charge is 0.248 e. The minimum Gasteiger partial charge on any atom is -0.372 e. The molecular formula is C12H24N2O2. The van der Waals surface area contributed by atoms with Gasteiger partial charge in [-0.25, -0.2) is 0 Å². The van der Waals surface area contributed by atoms with Gasteiger partial charge in [0.1, 0.15) is 6.10 Å². The van der Waals surface area contributed by atoms with Crippen molar-refractivity contribution in [1.82, 2.24) is 5.32 Å². The summed E-state index contributed by atoms with van der Waals surface area (Å²) in [5.41, 5.74) is 5.64. The minimum atomic E-state index is -0.347. The quantitative estimate of drug-likeness (QED) is 0.735. The minimum absolute atomic E-state index is 0.0107. The molecule has 94 valence electrons. The van der Waals surface area contributed by atoms with Crippen molar-refractivity contribution in [2.24, 2.45) is 17.6 Å². The summed E-state index contributed by atoms with van der Waals surface area (Å²) in [5, 5.41) is 2.94. The number of carbonyl (C=O) groups excluding carboxylic acids is 1. The lowest BCUT2D eigenvalue weighted by Gasteiger charge is -2.27. The van der Waals surface area contributed by atoms with Crippen LogP contribution in [0.5, 0.6) is 0 Å². The molecule has 0 heterocycles. The lowest BCUT2D eigenvalue weighted by atomic mass is 9.82. The normalized spacial score (nSPS) is 27.4. The molecule has 1 aliphatic carbocycles. The Labute approximate surface area is 97.9 Å². The topological polar surface area (TPSA) is 64.3 Å². The summed E-state index contributed by atoms with van der Waals surface area (Å²) >= 11 is 0. The molecule has 0 aliphatic heterocycles. The van der Waals surface area contributed by atoms with Gasteiger partial charge in [-0.2, -0.15) is 0 Å². The van der Waals surface area contributed by atoms with Crippen molar-refractivity contribution in [3.8, 4) is 0 Å². The maximum absolute atomic E-state index is 11.5. The third-order valence-electron chi connectivity index (χ3n) is 3.59. The second-order valence-corrected chi connectivity index (χ2v) is 4.75. The van der Waals surface area contributed by atoms with E-state index in [9.17, 15) is 4.79 Å². The second-order valence-electron chi connectivity index (χ2n) is 4.75. The highest BCUT2D eigenvalue weighted by molar-refractivity contribution is 5.80. The maximum atomic E-state index is 11.5. The largest absolute Gasteiger partial charge is 0.372 e. The van der Waals surface area contributed by atoms with Gasteiger partial charge in [0.2, 0.25) is 5.91 Å². The van der Waals surface area contributed by atoms with Crippen molar-refractivity contribution in [3.63, 3.8) is 0 Å². The summed E-state index contributed by atoms with van der Waals surface area (Å²) in [5.74, 6) is 1.31. The van der Waals surface area contributed by atoms with Crippen LogP contribution in [0.15, 0.2) is 0 Å². The Hall–Kier alpha value is -0.610. The van der Waals surface area contributed by atoms with Gasteiger partial charge in [-0.05, 0) is 51.0 Å². The summed E-state index contributed by atoms with van der Waals surface area (Å²) in [4.78, 5) is 11.5. The first-order valence-corrected chi connectivity index (χ1v) is 6.18. The molecule has 0 aromatic heterocycles. The molecule has 3 N–H and O–H groups in total. The van der Waals surface area contributed by atoms with E-state index < -0.39 is 0 Å². The summed E-state index contributed by atoms with van der Waals surface area (Å²) < 4.78 is 4.96. The fourth-order valence-electron chi connectivity index (χ4n) is 2.17. The summed E-state index contributed by atoms with van der Waals surface area (Å²) in [7, 11) is 1.55. The molecule has 0 saturated heterocycles. The molecule has 0 aromatic rings. The average Bonchev–Trinajstić information content (AvgIpc) is 2.35. The van der Waals surface area contributed by atoms with Crippen LogP contribution in [-0.4, -0.2) is 32.2 Å². The predicted octanol–water partition coefficient (Wildman–Crippen LogP) is 0.903. The Morgan fingerprint density at radius 1 is 1.38 bits per heavy atom. The van der Waals surface area contributed by atoms with Crippen LogP contribution in [0.25, 0.3) is 0 Å². The lowest BCUT2D eigenvalue weighted by molar-refractivity contribution is -0.130. The molecule has 0 spiro atoms. The first kappa shape index (κ1) is 13.5. The molecule has 1 amide bonds. The Balaban J connectivity index is 2.17. The fraction of sp³-hybridized carbons (Fsp3) is 0.917. The number of amides is 1. The zero-order valence-electron chi connectivity index (χ0n) is 10.4. The van der Waals surface area contributed by atoms with Crippen LogP contribution in [0.4, 0.5) is 0 Å². The van der Waals surface area contributed by atoms with Gasteiger partial charge in [0.05, 0.1) is 0 Å². The lowest BCUT2D eigenvalue weighted by Crippen LogP contribution is -2.38. The van der Waals surface area contributed by atoms with Gasteiger partial charge in [-0.1, -0.05) is 0 Å². The van der Waals surface area contributed by atoms with Gasteiger partial charge >= 0.3 is 0 Å². The highest BCUT2D eigenvalue weighted by atomic mass is 16.5. The number of methoxy groups -OCH3 is 1. The molecule has 1 fully saturated rings. The van der Waals surface area contributed by atoms with Crippen LogP contribution in [-0.2, 0) is 9.53 Å². The monoisotopic (exact) mass is 228 g/mol. The van der Waals surface area contributed by atoms with E-state index in [0.29, 0.717) is 11.8 Å². The van der Waals surface area contributed by atoms with Gasteiger partial charge < -0.3 is 15.8 Å². The standard InChI is InChI=1S/C12H24N2O2/c1-9(16-2)12(15)14-8-11-5-3-10(7-13)4-6-11/h9-11H,3-8,13H2,1-2H3,(H,14,15). The Morgan fingerprint density at radius 3 is 2.44 bits per heavy atom. The molecule has 0 bridgehead atoms. The number of nitrogens with one attached hydrogen (secondary N) is 1. The molecule has 1 saturated carbocycles. The van der Waals surface area contributed by atoms with Gasteiger partial charge in [0, 0.05) is 13.7 Å². The Kier molecular flexibility index (Phi) is 5.77.